The van der Waals surface area contributed by atoms with Gasteiger partial charge in [-0.15, -0.1) is 0 Å². The van der Waals surface area contributed by atoms with Gasteiger partial charge in [-0.05, 0) is 44.3 Å². The summed E-state index contributed by atoms with van der Waals surface area (Å²) in [6, 6.07) is 0.957. The average Bonchev–Trinajstić information content (AvgIpc) is 2.62. The number of piperidine rings is 1. The Kier molecular flexibility index (Phi) is 1.66. The fourth-order valence-electron chi connectivity index (χ4n) is 3.43. The van der Waals surface area contributed by atoms with Crippen molar-refractivity contribution >= 4 is 0 Å². The molecule has 3 aliphatic rings. The maximum atomic E-state index is 3.53. The number of hydrogen-bond donors (Lipinski definition) is 1. The van der Waals surface area contributed by atoms with Gasteiger partial charge < -0.3 is 5.32 Å². The molecule has 3 atom stereocenters. The third-order valence-corrected chi connectivity index (χ3v) is 4.02. The predicted octanol–water partition coefficient (Wildman–Crippen LogP) is 0.690. The molecule has 0 aromatic rings. The summed E-state index contributed by atoms with van der Waals surface area (Å²) in [6.45, 7) is 5.36. The standard InChI is InChI=1S/C10H18N2/c1-2-4-12-7-8-5-11-6-9(8)10(12)3-1/h8-11H,1-7H2/t8-,9-,10+/m0/s1. The minimum absolute atomic E-state index is 0.957. The fourth-order valence-corrected chi connectivity index (χ4v) is 3.43. The Balaban J connectivity index is 1.79. The first-order chi connectivity index (χ1) is 5.95. The van der Waals surface area contributed by atoms with E-state index in [0.717, 1.165) is 17.9 Å². The molecule has 68 valence electrons. The van der Waals surface area contributed by atoms with E-state index in [1.807, 2.05) is 0 Å². The first-order valence-electron chi connectivity index (χ1n) is 5.40. The Morgan fingerprint density at radius 1 is 1.17 bits per heavy atom. The van der Waals surface area contributed by atoms with Gasteiger partial charge in [0.1, 0.15) is 0 Å². The minimum atomic E-state index is 0.957. The quantitative estimate of drug-likeness (QED) is 0.569. The monoisotopic (exact) mass is 166 g/mol. The summed E-state index contributed by atoms with van der Waals surface area (Å²) >= 11 is 0. The van der Waals surface area contributed by atoms with E-state index in [1.165, 1.54) is 45.4 Å². The average molecular weight is 166 g/mol. The van der Waals surface area contributed by atoms with Crippen molar-refractivity contribution in [1.82, 2.24) is 10.2 Å². The number of nitrogens with one attached hydrogen (secondary N) is 1. The van der Waals surface area contributed by atoms with E-state index in [0.29, 0.717) is 0 Å². The van der Waals surface area contributed by atoms with Crippen LogP contribution in [0.25, 0.3) is 0 Å². The molecule has 0 aliphatic carbocycles. The Hall–Kier alpha value is -0.0800. The van der Waals surface area contributed by atoms with Crippen LogP contribution in [0.3, 0.4) is 0 Å². The molecule has 0 spiro atoms. The molecule has 3 heterocycles. The molecule has 0 aromatic heterocycles. The van der Waals surface area contributed by atoms with Crippen LogP contribution in [0.15, 0.2) is 0 Å². The summed E-state index contributed by atoms with van der Waals surface area (Å²) in [4.78, 5) is 2.75. The molecule has 2 nitrogen and oxygen atoms in total. The third-order valence-electron chi connectivity index (χ3n) is 4.02. The molecule has 12 heavy (non-hydrogen) atoms. The first-order valence-corrected chi connectivity index (χ1v) is 5.40. The van der Waals surface area contributed by atoms with Crippen molar-refractivity contribution in [3.05, 3.63) is 0 Å². The van der Waals surface area contributed by atoms with Gasteiger partial charge in [0, 0.05) is 12.6 Å². The Morgan fingerprint density at radius 3 is 3.17 bits per heavy atom. The lowest BCUT2D eigenvalue weighted by Crippen LogP contribution is -2.39. The topological polar surface area (TPSA) is 15.3 Å². The SMILES string of the molecule is C1CCN2C[C@@H]3CNC[C@@H]3[C@H]2C1. The molecule has 1 N–H and O–H groups in total. The molecule has 0 bridgehead atoms. The molecular weight excluding hydrogens is 148 g/mol. The summed E-state index contributed by atoms with van der Waals surface area (Å²) in [6.07, 6.45) is 4.40. The highest BCUT2D eigenvalue weighted by Gasteiger charge is 2.44. The lowest BCUT2D eigenvalue weighted by Gasteiger charge is -2.31. The normalized spacial score (nSPS) is 47.5. The van der Waals surface area contributed by atoms with Crippen molar-refractivity contribution in [3.8, 4) is 0 Å². The van der Waals surface area contributed by atoms with E-state index < -0.39 is 0 Å². The number of hydrogen-bond acceptors (Lipinski definition) is 2. The number of fused-ring (bicyclic) bond motifs is 3. The molecule has 3 fully saturated rings. The van der Waals surface area contributed by atoms with E-state index in [-0.39, 0.29) is 0 Å². The Bertz CT molecular complexity index is 181. The zero-order valence-corrected chi connectivity index (χ0v) is 7.63. The molecule has 3 rings (SSSR count). The fraction of sp³-hybridized carbons (Fsp3) is 1.00. The van der Waals surface area contributed by atoms with Crippen molar-refractivity contribution in [2.24, 2.45) is 11.8 Å². The minimum Gasteiger partial charge on any atom is -0.316 e. The summed E-state index contributed by atoms with van der Waals surface area (Å²) < 4.78 is 0. The third kappa shape index (κ3) is 0.944. The molecule has 0 unspecified atom stereocenters. The molecule has 0 saturated carbocycles. The summed E-state index contributed by atoms with van der Waals surface area (Å²) in [5, 5.41) is 3.53. The molecule has 3 aliphatic heterocycles. The van der Waals surface area contributed by atoms with E-state index in [4.69, 9.17) is 0 Å². The van der Waals surface area contributed by atoms with Crippen LogP contribution in [0.5, 0.6) is 0 Å². The largest absolute Gasteiger partial charge is 0.316 e. The molecule has 3 saturated heterocycles. The second kappa shape index (κ2) is 2.71. The van der Waals surface area contributed by atoms with Crippen LogP contribution in [0.2, 0.25) is 0 Å². The molecule has 0 amide bonds. The predicted molar refractivity (Wildman–Crippen MR) is 49.1 cm³/mol. The van der Waals surface area contributed by atoms with Gasteiger partial charge >= 0.3 is 0 Å². The maximum absolute atomic E-state index is 3.53. The van der Waals surface area contributed by atoms with Crippen molar-refractivity contribution < 1.29 is 0 Å². The van der Waals surface area contributed by atoms with Crippen LogP contribution in [0, 0.1) is 11.8 Å². The van der Waals surface area contributed by atoms with Crippen molar-refractivity contribution in [3.63, 3.8) is 0 Å². The number of rotatable bonds is 0. The molecular formula is C10H18N2. The second-order valence-corrected chi connectivity index (χ2v) is 4.64. The van der Waals surface area contributed by atoms with Gasteiger partial charge in [-0.25, -0.2) is 0 Å². The second-order valence-electron chi connectivity index (χ2n) is 4.64. The van der Waals surface area contributed by atoms with Gasteiger partial charge in [0.25, 0.3) is 0 Å². The van der Waals surface area contributed by atoms with E-state index in [1.54, 1.807) is 0 Å². The summed E-state index contributed by atoms with van der Waals surface area (Å²) in [5.41, 5.74) is 0. The van der Waals surface area contributed by atoms with E-state index in [9.17, 15) is 0 Å². The van der Waals surface area contributed by atoms with Crippen LogP contribution in [-0.4, -0.2) is 37.1 Å². The van der Waals surface area contributed by atoms with Gasteiger partial charge in [0.2, 0.25) is 0 Å². The first kappa shape index (κ1) is 7.34. The van der Waals surface area contributed by atoms with Crippen molar-refractivity contribution in [1.29, 1.82) is 0 Å². The van der Waals surface area contributed by atoms with Crippen LogP contribution in [0.1, 0.15) is 19.3 Å². The highest BCUT2D eigenvalue weighted by atomic mass is 15.2. The lowest BCUT2D eigenvalue weighted by molar-refractivity contribution is 0.172. The van der Waals surface area contributed by atoms with E-state index >= 15 is 0 Å². The van der Waals surface area contributed by atoms with Crippen LogP contribution in [0.4, 0.5) is 0 Å². The van der Waals surface area contributed by atoms with Crippen LogP contribution >= 0.6 is 0 Å². The Morgan fingerprint density at radius 2 is 2.17 bits per heavy atom. The molecule has 0 aromatic carbocycles. The summed E-state index contributed by atoms with van der Waals surface area (Å²) in [5.74, 6) is 2.00. The van der Waals surface area contributed by atoms with Crippen LogP contribution in [-0.2, 0) is 0 Å². The van der Waals surface area contributed by atoms with Crippen molar-refractivity contribution in [2.75, 3.05) is 26.2 Å². The lowest BCUT2D eigenvalue weighted by atomic mass is 9.90. The van der Waals surface area contributed by atoms with Crippen LogP contribution < -0.4 is 5.32 Å². The van der Waals surface area contributed by atoms with Gasteiger partial charge in [0.05, 0.1) is 0 Å². The van der Waals surface area contributed by atoms with Crippen molar-refractivity contribution in [2.45, 2.75) is 25.3 Å². The van der Waals surface area contributed by atoms with Gasteiger partial charge in [-0.3, -0.25) is 4.90 Å². The zero-order chi connectivity index (χ0) is 7.97. The Labute approximate surface area is 74.3 Å². The molecule has 0 radical (unpaired) electrons. The highest BCUT2D eigenvalue weighted by Crippen LogP contribution is 2.37. The molecule has 2 heteroatoms. The number of nitrogens with zero attached hydrogens (tertiary/aromatic N) is 1. The van der Waals surface area contributed by atoms with Gasteiger partial charge in [0.15, 0.2) is 0 Å². The van der Waals surface area contributed by atoms with Gasteiger partial charge in [-0.2, -0.15) is 0 Å². The van der Waals surface area contributed by atoms with E-state index in [2.05, 4.69) is 10.2 Å². The summed E-state index contributed by atoms with van der Waals surface area (Å²) in [7, 11) is 0. The highest BCUT2D eigenvalue weighted by molar-refractivity contribution is 4.99. The smallest absolute Gasteiger partial charge is 0.0139 e. The zero-order valence-electron chi connectivity index (χ0n) is 7.63. The van der Waals surface area contributed by atoms with Gasteiger partial charge in [-0.1, -0.05) is 6.42 Å². The maximum Gasteiger partial charge on any atom is 0.0139 e.